The summed E-state index contributed by atoms with van der Waals surface area (Å²) in [6.07, 6.45) is 0. The summed E-state index contributed by atoms with van der Waals surface area (Å²) in [5.74, 6) is -0.342. The Hall–Kier alpha value is -2.26. The number of methoxy groups -OCH3 is 2. The Labute approximate surface area is 171 Å². The molecule has 0 aliphatic heterocycles. The molecule has 1 heterocycles. The lowest BCUT2D eigenvalue weighted by atomic mass is 10.1. The van der Waals surface area contributed by atoms with Crippen molar-refractivity contribution in [2.45, 2.75) is 11.5 Å². The van der Waals surface area contributed by atoms with Crippen LogP contribution in [0, 0.1) is 0 Å². The van der Waals surface area contributed by atoms with Crippen LogP contribution in [-0.4, -0.2) is 28.6 Å². The standard InChI is InChI=1S/C18H15Cl2NO6S/c1-25-9-15-17(18(22)26-2)12-8-11(4-6-14(12)27-15)21-28(23,24)16-7-10(19)3-5-13(16)20/h3-8,21H,9H2,1-2H3. The summed E-state index contributed by atoms with van der Waals surface area (Å²) in [4.78, 5) is 12.0. The van der Waals surface area contributed by atoms with Crippen molar-refractivity contribution in [1.29, 1.82) is 0 Å². The lowest BCUT2D eigenvalue weighted by molar-refractivity contribution is 0.0594. The molecule has 0 aliphatic carbocycles. The Bertz CT molecular complexity index is 1160. The first-order valence-electron chi connectivity index (χ1n) is 7.87. The van der Waals surface area contributed by atoms with Crippen molar-refractivity contribution in [3.63, 3.8) is 0 Å². The van der Waals surface area contributed by atoms with E-state index in [-0.39, 0.29) is 38.6 Å². The van der Waals surface area contributed by atoms with Crippen molar-refractivity contribution < 1.29 is 27.1 Å². The molecule has 0 radical (unpaired) electrons. The highest BCUT2D eigenvalue weighted by Gasteiger charge is 2.23. The molecule has 3 aromatic rings. The number of ether oxygens (including phenoxy) is 2. The van der Waals surface area contributed by atoms with E-state index in [4.69, 9.17) is 37.1 Å². The van der Waals surface area contributed by atoms with Gasteiger partial charge in [-0.15, -0.1) is 0 Å². The van der Waals surface area contributed by atoms with Crippen LogP contribution in [0.3, 0.4) is 0 Å². The van der Waals surface area contributed by atoms with Crippen LogP contribution in [0.5, 0.6) is 0 Å². The van der Waals surface area contributed by atoms with E-state index in [0.717, 1.165) is 0 Å². The van der Waals surface area contributed by atoms with Crippen LogP contribution < -0.4 is 4.72 Å². The van der Waals surface area contributed by atoms with Gasteiger partial charge in [0, 0.05) is 23.2 Å². The number of sulfonamides is 1. The van der Waals surface area contributed by atoms with Crippen molar-refractivity contribution in [2.24, 2.45) is 0 Å². The van der Waals surface area contributed by atoms with Gasteiger partial charge in [-0.3, -0.25) is 4.72 Å². The molecule has 0 amide bonds. The molecule has 2 aromatic carbocycles. The molecule has 1 aromatic heterocycles. The van der Waals surface area contributed by atoms with E-state index in [0.29, 0.717) is 11.0 Å². The zero-order valence-electron chi connectivity index (χ0n) is 14.8. The minimum atomic E-state index is -4.02. The number of rotatable bonds is 6. The summed E-state index contributed by atoms with van der Waals surface area (Å²) in [6.45, 7) is 0.0539. The number of hydrogen-bond acceptors (Lipinski definition) is 6. The molecule has 0 atom stereocenters. The zero-order chi connectivity index (χ0) is 20.5. The fraction of sp³-hybridized carbons (Fsp3) is 0.167. The molecule has 0 bridgehead atoms. The number of benzene rings is 2. The number of furan rings is 1. The number of carbonyl (C=O) groups excluding carboxylic acids is 1. The summed E-state index contributed by atoms with van der Waals surface area (Å²) in [6, 6.07) is 8.64. The number of fused-ring (bicyclic) bond motifs is 1. The number of anilines is 1. The fourth-order valence-electron chi connectivity index (χ4n) is 2.66. The van der Waals surface area contributed by atoms with Crippen LogP contribution in [0.25, 0.3) is 11.0 Å². The topological polar surface area (TPSA) is 94.8 Å². The third-order valence-corrected chi connectivity index (χ3v) is 5.96. The van der Waals surface area contributed by atoms with E-state index in [1.807, 2.05) is 0 Å². The fourth-order valence-corrected chi connectivity index (χ4v) is 4.48. The summed E-state index contributed by atoms with van der Waals surface area (Å²) in [7, 11) is -1.31. The summed E-state index contributed by atoms with van der Waals surface area (Å²) >= 11 is 11.9. The van der Waals surface area contributed by atoms with Gasteiger partial charge in [-0.25, -0.2) is 13.2 Å². The van der Waals surface area contributed by atoms with Gasteiger partial charge in [-0.2, -0.15) is 0 Å². The maximum Gasteiger partial charge on any atom is 0.342 e. The van der Waals surface area contributed by atoms with Gasteiger partial charge >= 0.3 is 5.97 Å². The third-order valence-electron chi connectivity index (χ3n) is 3.86. The SMILES string of the molecule is COCc1oc2ccc(NS(=O)(=O)c3cc(Cl)ccc3Cl)cc2c1C(=O)OC. The molecular formula is C18H15Cl2NO6S. The molecular weight excluding hydrogens is 429 g/mol. The Morgan fingerprint density at radius 1 is 1.14 bits per heavy atom. The second kappa shape index (κ2) is 8.00. The molecule has 0 saturated carbocycles. The summed E-state index contributed by atoms with van der Waals surface area (Å²) in [5, 5.41) is 0.641. The molecule has 1 N–H and O–H groups in total. The van der Waals surface area contributed by atoms with Gasteiger partial charge in [0.1, 0.15) is 28.4 Å². The van der Waals surface area contributed by atoms with Gasteiger partial charge < -0.3 is 13.9 Å². The number of carbonyl (C=O) groups is 1. The van der Waals surface area contributed by atoms with Crippen molar-refractivity contribution in [1.82, 2.24) is 0 Å². The van der Waals surface area contributed by atoms with Crippen LogP contribution in [-0.2, 0) is 26.1 Å². The van der Waals surface area contributed by atoms with Gasteiger partial charge in [0.25, 0.3) is 10.0 Å². The molecule has 0 unspecified atom stereocenters. The molecule has 0 spiro atoms. The lowest BCUT2D eigenvalue weighted by Gasteiger charge is -2.10. The van der Waals surface area contributed by atoms with Crippen LogP contribution in [0.1, 0.15) is 16.1 Å². The van der Waals surface area contributed by atoms with Gasteiger partial charge in [-0.05, 0) is 36.4 Å². The van der Waals surface area contributed by atoms with E-state index in [2.05, 4.69) is 4.72 Å². The summed E-state index contributed by atoms with van der Waals surface area (Å²) < 4.78 is 43.3. The molecule has 28 heavy (non-hydrogen) atoms. The predicted octanol–water partition coefficient (Wildman–Crippen LogP) is 4.47. The quantitative estimate of drug-likeness (QED) is 0.564. The number of nitrogens with one attached hydrogen (secondary N) is 1. The molecule has 148 valence electrons. The zero-order valence-corrected chi connectivity index (χ0v) is 17.1. The summed E-state index contributed by atoms with van der Waals surface area (Å²) in [5.41, 5.74) is 0.760. The minimum Gasteiger partial charge on any atom is -0.465 e. The molecule has 3 rings (SSSR count). The Morgan fingerprint density at radius 3 is 2.57 bits per heavy atom. The highest BCUT2D eigenvalue weighted by atomic mass is 35.5. The van der Waals surface area contributed by atoms with Crippen LogP contribution >= 0.6 is 23.2 Å². The average molecular weight is 444 g/mol. The maximum absolute atomic E-state index is 12.7. The monoisotopic (exact) mass is 443 g/mol. The van der Waals surface area contributed by atoms with Crippen LogP contribution in [0.15, 0.2) is 45.7 Å². The second-order valence-corrected chi connectivity index (χ2v) is 8.21. The number of halogens is 2. The largest absolute Gasteiger partial charge is 0.465 e. The predicted molar refractivity (Wildman–Crippen MR) is 106 cm³/mol. The number of esters is 1. The van der Waals surface area contributed by atoms with Crippen molar-refractivity contribution in [2.75, 3.05) is 18.9 Å². The normalized spacial score (nSPS) is 11.6. The first-order valence-corrected chi connectivity index (χ1v) is 10.1. The van der Waals surface area contributed by atoms with Crippen molar-refractivity contribution in [3.05, 3.63) is 57.8 Å². The lowest BCUT2D eigenvalue weighted by Crippen LogP contribution is -2.13. The Balaban J connectivity index is 2.07. The van der Waals surface area contributed by atoms with Crippen LogP contribution in [0.4, 0.5) is 5.69 Å². The second-order valence-electron chi connectivity index (χ2n) is 5.72. The van der Waals surface area contributed by atoms with Crippen LogP contribution in [0.2, 0.25) is 10.0 Å². The molecule has 7 nitrogen and oxygen atoms in total. The van der Waals surface area contributed by atoms with E-state index in [9.17, 15) is 13.2 Å². The van der Waals surface area contributed by atoms with Crippen molar-refractivity contribution in [3.8, 4) is 0 Å². The maximum atomic E-state index is 12.7. The van der Waals surface area contributed by atoms with Crippen molar-refractivity contribution >= 4 is 55.9 Å². The molecule has 10 heteroatoms. The number of hydrogen-bond donors (Lipinski definition) is 1. The Morgan fingerprint density at radius 2 is 1.89 bits per heavy atom. The first kappa shape index (κ1) is 20.5. The smallest absolute Gasteiger partial charge is 0.342 e. The van der Waals surface area contributed by atoms with Gasteiger partial charge in [0.05, 0.1) is 12.1 Å². The van der Waals surface area contributed by atoms with Gasteiger partial charge in [0.2, 0.25) is 0 Å². The van der Waals surface area contributed by atoms with E-state index >= 15 is 0 Å². The van der Waals surface area contributed by atoms with Gasteiger partial charge in [0.15, 0.2) is 0 Å². The molecule has 0 saturated heterocycles. The minimum absolute atomic E-state index is 0.0268. The molecule has 0 fully saturated rings. The molecule has 0 aliphatic rings. The average Bonchev–Trinajstić information content (AvgIpc) is 3.00. The highest BCUT2D eigenvalue weighted by Crippen LogP contribution is 2.32. The highest BCUT2D eigenvalue weighted by molar-refractivity contribution is 7.92. The first-order chi connectivity index (χ1) is 13.3. The van der Waals surface area contributed by atoms with Gasteiger partial charge in [-0.1, -0.05) is 23.2 Å². The van der Waals surface area contributed by atoms with E-state index in [1.165, 1.54) is 44.6 Å². The third kappa shape index (κ3) is 3.95. The van der Waals surface area contributed by atoms with E-state index < -0.39 is 16.0 Å². The Kier molecular flexibility index (Phi) is 5.85. The van der Waals surface area contributed by atoms with E-state index in [1.54, 1.807) is 6.07 Å².